The molecular formula is C13H20N4O3S. The summed E-state index contributed by atoms with van der Waals surface area (Å²) < 4.78 is 32.8. The van der Waals surface area contributed by atoms with Crippen LogP contribution in [0.1, 0.15) is 11.1 Å². The average Bonchev–Trinajstić information content (AvgIpc) is 2.48. The fourth-order valence-electron chi connectivity index (χ4n) is 2.15. The van der Waals surface area contributed by atoms with Crippen molar-refractivity contribution in [2.75, 3.05) is 33.4 Å². The highest BCUT2D eigenvalue weighted by atomic mass is 32.2. The van der Waals surface area contributed by atoms with Crippen molar-refractivity contribution in [1.29, 1.82) is 5.41 Å². The monoisotopic (exact) mass is 312 g/mol. The number of amidine groups is 1. The molecule has 0 amide bonds. The van der Waals surface area contributed by atoms with Crippen molar-refractivity contribution in [3.63, 3.8) is 0 Å². The zero-order valence-corrected chi connectivity index (χ0v) is 12.8. The first-order chi connectivity index (χ1) is 9.91. The van der Waals surface area contributed by atoms with Crippen LogP contribution in [0.4, 0.5) is 0 Å². The summed E-state index contributed by atoms with van der Waals surface area (Å²) in [4.78, 5) is 0. The number of morpholine rings is 1. The summed E-state index contributed by atoms with van der Waals surface area (Å²) in [6.45, 7) is 1.83. The number of ether oxygens (including phenoxy) is 1. The number of rotatable bonds is 5. The van der Waals surface area contributed by atoms with Crippen LogP contribution in [0.2, 0.25) is 0 Å². The summed E-state index contributed by atoms with van der Waals surface area (Å²) >= 11 is 0. The molecule has 0 unspecified atom stereocenters. The first-order valence-electron chi connectivity index (χ1n) is 6.64. The minimum absolute atomic E-state index is 0.0319. The molecular weight excluding hydrogens is 292 g/mol. The van der Waals surface area contributed by atoms with Gasteiger partial charge in [0, 0.05) is 32.2 Å². The van der Waals surface area contributed by atoms with E-state index in [1.165, 1.54) is 8.61 Å². The van der Waals surface area contributed by atoms with E-state index in [1.807, 2.05) is 6.07 Å². The molecule has 7 nitrogen and oxygen atoms in total. The highest BCUT2D eigenvalue weighted by molar-refractivity contribution is 7.86. The van der Waals surface area contributed by atoms with Crippen molar-refractivity contribution < 1.29 is 13.2 Å². The number of nitrogens with zero attached hydrogens (tertiary/aromatic N) is 2. The van der Waals surface area contributed by atoms with Crippen LogP contribution in [0.25, 0.3) is 0 Å². The van der Waals surface area contributed by atoms with E-state index in [0.29, 0.717) is 31.9 Å². The van der Waals surface area contributed by atoms with E-state index in [4.69, 9.17) is 15.9 Å². The minimum atomic E-state index is -3.49. The van der Waals surface area contributed by atoms with Gasteiger partial charge in [0.1, 0.15) is 5.84 Å². The summed E-state index contributed by atoms with van der Waals surface area (Å²) in [6.07, 6.45) is 0. The molecule has 0 bridgehead atoms. The van der Waals surface area contributed by atoms with E-state index in [-0.39, 0.29) is 12.4 Å². The van der Waals surface area contributed by atoms with Crippen LogP contribution in [0.15, 0.2) is 24.3 Å². The van der Waals surface area contributed by atoms with E-state index >= 15 is 0 Å². The summed E-state index contributed by atoms with van der Waals surface area (Å²) in [5.74, 6) is -0.0319. The van der Waals surface area contributed by atoms with Crippen molar-refractivity contribution in [1.82, 2.24) is 8.61 Å². The summed E-state index contributed by atoms with van der Waals surface area (Å²) in [5, 5.41) is 7.42. The smallest absolute Gasteiger partial charge is 0.282 e. The fraction of sp³-hybridized carbons (Fsp3) is 0.462. The summed E-state index contributed by atoms with van der Waals surface area (Å²) in [6, 6.07) is 7.04. The van der Waals surface area contributed by atoms with Crippen LogP contribution >= 0.6 is 0 Å². The Bertz CT molecular complexity index is 612. The third-order valence-electron chi connectivity index (χ3n) is 3.33. The molecule has 0 aliphatic carbocycles. The van der Waals surface area contributed by atoms with Gasteiger partial charge in [-0.2, -0.15) is 17.0 Å². The molecule has 116 valence electrons. The molecule has 0 atom stereocenters. The molecule has 1 aromatic carbocycles. The van der Waals surface area contributed by atoms with Gasteiger partial charge < -0.3 is 10.5 Å². The van der Waals surface area contributed by atoms with Gasteiger partial charge in [-0.05, 0) is 11.6 Å². The number of nitrogen functional groups attached to an aromatic ring is 1. The third-order valence-corrected chi connectivity index (χ3v) is 5.27. The quantitative estimate of drug-likeness (QED) is 0.589. The molecule has 1 aliphatic heterocycles. The van der Waals surface area contributed by atoms with Gasteiger partial charge in [0.05, 0.1) is 13.2 Å². The highest BCUT2D eigenvalue weighted by Gasteiger charge is 2.28. The molecule has 2 rings (SSSR count). The molecule has 1 aromatic rings. The van der Waals surface area contributed by atoms with Gasteiger partial charge in [0.15, 0.2) is 0 Å². The molecule has 8 heteroatoms. The molecule has 1 fully saturated rings. The first kappa shape index (κ1) is 15.9. The second-order valence-electron chi connectivity index (χ2n) is 4.89. The Balaban J connectivity index is 2.11. The van der Waals surface area contributed by atoms with Crippen LogP contribution in [0.5, 0.6) is 0 Å². The maximum Gasteiger partial charge on any atom is 0.282 e. The van der Waals surface area contributed by atoms with E-state index in [1.54, 1.807) is 25.2 Å². The number of hydrogen-bond donors (Lipinski definition) is 2. The zero-order chi connectivity index (χ0) is 15.5. The van der Waals surface area contributed by atoms with Crippen molar-refractivity contribution in [3.05, 3.63) is 35.4 Å². The van der Waals surface area contributed by atoms with E-state index in [2.05, 4.69) is 0 Å². The van der Waals surface area contributed by atoms with Crippen molar-refractivity contribution >= 4 is 16.0 Å². The van der Waals surface area contributed by atoms with Crippen molar-refractivity contribution in [2.45, 2.75) is 6.54 Å². The van der Waals surface area contributed by atoms with Gasteiger partial charge in [-0.1, -0.05) is 18.2 Å². The van der Waals surface area contributed by atoms with Gasteiger partial charge in [-0.3, -0.25) is 5.41 Å². The van der Waals surface area contributed by atoms with Gasteiger partial charge >= 0.3 is 0 Å². The third kappa shape index (κ3) is 3.79. The Morgan fingerprint density at radius 3 is 2.71 bits per heavy atom. The number of nitrogens with one attached hydrogen (secondary N) is 1. The Morgan fingerprint density at radius 2 is 2.10 bits per heavy atom. The lowest BCUT2D eigenvalue weighted by atomic mass is 10.1. The zero-order valence-electron chi connectivity index (χ0n) is 11.9. The minimum Gasteiger partial charge on any atom is -0.384 e. The Kier molecular flexibility index (Phi) is 4.94. The van der Waals surface area contributed by atoms with Crippen LogP contribution in [-0.4, -0.2) is 56.2 Å². The summed E-state index contributed by atoms with van der Waals surface area (Å²) in [5.41, 5.74) is 6.83. The first-order valence-corrected chi connectivity index (χ1v) is 8.03. The molecule has 0 saturated carbocycles. The van der Waals surface area contributed by atoms with E-state index in [0.717, 1.165) is 5.56 Å². The van der Waals surface area contributed by atoms with Crippen LogP contribution in [0.3, 0.4) is 0 Å². The maximum absolute atomic E-state index is 12.4. The van der Waals surface area contributed by atoms with E-state index in [9.17, 15) is 8.42 Å². The lowest BCUT2D eigenvalue weighted by molar-refractivity contribution is 0.0705. The molecule has 21 heavy (non-hydrogen) atoms. The predicted octanol–water partition coefficient (Wildman–Crippen LogP) is -0.0205. The average molecular weight is 312 g/mol. The largest absolute Gasteiger partial charge is 0.384 e. The van der Waals surface area contributed by atoms with Crippen LogP contribution in [0, 0.1) is 5.41 Å². The number of nitrogens with two attached hydrogens (primary N) is 1. The van der Waals surface area contributed by atoms with Crippen molar-refractivity contribution in [3.8, 4) is 0 Å². The van der Waals surface area contributed by atoms with Crippen LogP contribution in [-0.2, 0) is 21.5 Å². The molecule has 0 radical (unpaired) electrons. The number of hydrogen-bond acceptors (Lipinski definition) is 4. The van der Waals surface area contributed by atoms with Gasteiger partial charge in [0.25, 0.3) is 10.2 Å². The Hall–Kier alpha value is -1.48. The molecule has 3 N–H and O–H groups in total. The predicted molar refractivity (Wildman–Crippen MR) is 80.2 cm³/mol. The Labute approximate surface area is 125 Å². The van der Waals surface area contributed by atoms with E-state index < -0.39 is 10.2 Å². The fourth-order valence-corrected chi connectivity index (χ4v) is 3.47. The SMILES string of the molecule is CN(Cc1cccc(C(=N)N)c1)S(=O)(=O)N1CCOCC1. The Morgan fingerprint density at radius 1 is 1.43 bits per heavy atom. The van der Waals surface area contributed by atoms with Crippen LogP contribution < -0.4 is 5.73 Å². The standard InChI is InChI=1S/C13H20N4O3S/c1-16(21(18,19)17-5-7-20-8-6-17)10-11-3-2-4-12(9-11)13(14)15/h2-4,9H,5-8,10H2,1H3,(H3,14,15). The second-order valence-corrected chi connectivity index (χ2v) is 6.92. The second kappa shape index (κ2) is 6.52. The lowest BCUT2D eigenvalue weighted by Gasteiger charge is -2.30. The molecule has 0 spiro atoms. The molecule has 0 aromatic heterocycles. The summed E-state index contributed by atoms with van der Waals surface area (Å²) in [7, 11) is -1.94. The number of benzene rings is 1. The van der Waals surface area contributed by atoms with Gasteiger partial charge in [-0.15, -0.1) is 0 Å². The lowest BCUT2D eigenvalue weighted by Crippen LogP contribution is -2.47. The molecule has 1 aliphatic rings. The molecule has 1 heterocycles. The molecule has 1 saturated heterocycles. The van der Waals surface area contributed by atoms with Gasteiger partial charge in [0.2, 0.25) is 0 Å². The normalized spacial score (nSPS) is 17.0. The highest BCUT2D eigenvalue weighted by Crippen LogP contribution is 2.14. The maximum atomic E-state index is 12.4. The van der Waals surface area contributed by atoms with Gasteiger partial charge in [-0.25, -0.2) is 0 Å². The topological polar surface area (TPSA) is 99.7 Å². The van der Waals surface area contributed by atoms with Crippen molar-refractivity contribution in [2.24, 2.45) is 5.73 Å².